The van der Waals surface area contributed by atoms with Gasteiger partial charge in [-0.25, -0.2) is 0 Å². The first-order valence-corrected chi connectivity index (χ1v) is 6.92. The van der Waals surface area contributed by atoms with Crippen molar-refractivity contribution in [2.24, 2.45) is 0 Å². The van der Waals surface area contributed by atoms with Crippen molar-refractivity contribution in [2.75, 3.05) is 13.2 Å². The number of nitrogens with two attached hydrogens (primary N) is 1. The standard InChI is InChI=1S/C16H27NO2/c1-11-7-12(2)15(13(3)8-11)19-10-14(18)9-17-16(4,5)6/h7-8,14,17-18H,9-10H2,1-6H3/p+1/t14-/m1/s1. The molecule has 0 aliphatic rings. The Morgan fingerprint density at radius 1 is 1.16 bits per heavy atom. The van der Waals surface area contributed by atoms with Crippen LogP contribution in [0.25, 0.3) is 0 Å². The molecule has 108 valence electrons. The fraction of sp³-hybridized carbons (Fsp3) is 0.625. The molecular weight excluding hydrogens is 238 g/mol. The fourth-order valence-electron chi connectivity index (χ4n) is 2.13. The second-order valence-corrected chi connectivity index (χ2v) is 6.50. The number of hydrogen-bond donors (Lipinski definition) is 2. The summed E-state index contributed by atoms with van der Waals surface area (Å²) in [7, 11) is 0. The van der Waals surface area contributed by atoms with Gasteiger partial charge in [-0.2, -0.15) is 0 Å². The molecule has 0 saturated heterocycles. The molecule has 0 heterocycles. The van der Waals surface area contributed by atoms with Gasteiger partial charge >= 0.3 is 0 Å². The molecule has 0 bridgehead atoms. The molecular formula is C16H28NO2+. The van der Waals surface area contributed by atoms with E-state index in [4.69, 9.17) is 4.74 Å². The molecule has 0 amide bonds. The summed E-state index contributed by atoms with van der Waals surface area (Å²) in [5, 5.41) is 12.1. The minimum absolute atomic E-state index is 0.136. The van der Waals surface area contributed by atoms with Crippen LogP contribution in [0.2, 0.25) is 0 Å². The third-order valence-corrected chi connectivity index (χ3v) is 3.03. The first-order valence-electron chi connectivity index (χ1n) is 6.92. The molecule has 0 fully saturated rings. The molecule has 0 radical (unpaired) electrons. The van der Waals surface area contributed by atoms with E-state index in [-0.39, 0.29) is 5.54 Å². The van der Waals surface area contributed by atoms with Gasteiger partial charge in [0.1, 0.15) is 25.0 Å². The minimum Gasteiger partial charge on any atom is -0.490 e. The van der Waals surface area contributed by atoms with E-state index >= 15 is 0 Å². The monoisotopic (exact) mass is 266 g/mol. The zero-order valence-electron chi connectivity index (χ0n) is 13.1. The molecule has 0 aliphatic carbocycles. The Bertz CT molecular complexity index is 398. The van der Waals surface area contributed by atoms with Gasteiger partial charge in [0.15, 0.2) is 0 Å². The van der Waals surface area contributed by atoms with Gasteiger partial charge in [0.25, 0.3) is 0 Å². The van der Waals surface area contributed by atoms with E-state index in [9.17, 15) is 5.11 Å². The normalized spacial score (nSPS) is 13.4. The molecule has 1 atom stereocenters. The Morgan fingerprint density at radius 2 is 1.68 bits per heavy atom. The summed E-state index contributed by atoms with van der Waals surface area (Å²) < 4.78 is 5.78. The Balaban J connectivity index is 2.53. The van der Waals surface area contributed by atoms with Gasteiger partial charge in [0.2, 0.25) is 0 Å². The van der Waals surface area contributed by atoms with Crippen molar-refractivity contribution in [1.29, 1.82) is 0 Å². The average Bonchev–Trinajstić information content (AvgIpc) is 2.23. The maximum Gasteiger partial charge on any atom is 0.137 e. The Labute approximate surface area is 117 Å². The highest BCUT2D eigenvalue weighted by molar-refractivity contribution is 5.42. The molecule has 0 unspecified atom stereocenters. The lowest BCUT2D eigenvalue weighted by molar-refractivity contribution is -0.722. The molecule has 0 spiro atoms. The van der Waals surface area contributed by atoms with Crippen LogP contribution in [0.3, 0.4) is 0 Å². The molecule has 3 N–H and O–H groups in total. The van der Waals surface area contributed by atoms with Crippen molar-refractivity contribution < 1.29 is 15.2 Å². The molecule has 1 rings (SSSR count). The van der Waals surface area contributed by atoms with Crippen molar-refractivity contribution >= 4 is 0 Å². The van der Waals surface area contributed by atoms with Crippen molar-refractivity contribution in [3.63, 3.8) is 0 Å². The van der Waals surface area contributed by atoms with Gasteiger partial charge in [-0.05, 0) is 52.7 Å². The second kappa shape index (κ2) is 6.40. The first kappa shape index (κ1) is 16.0. The van der Waals surface area contributed by atoms with E-state index in [1.807, 2.05) is 13.8 Å². The molecule has 3 heteroatoms. The van der Waals surface area contributed by atoms with E-state index in [0.717, 1.165) is 16.9 Å². The largest absolute Gasteiger partial charge is 0.490 e. The van der Waals surface area contributed by atoms with Gasteiger partial charge in [-0.15, -0.1) is 0 Å². The van der Waals surface area contributed by atoms with Crippen molar-refractivity contribution in [3.05, 3.63) is 28.8 Å². The predicted octanol–water partition coefficient (Wildman–Crippen LogP) is 1.71. The minimum atomic E-state index is -0.445. The van der Waals surface area contributed by atoms with E-state index in [1.54, 1.807) is 0 Å². The van der Waals surface area contributed by atoms with Crippen LogP contribution in [0.15, 0.2) is 12.1 Å². The number of aliphatic hydroxyl groups excluding tert-OH is 1. The molecule has 0 saturated carbocycles. The summed E-state index contributed by atoms with van der Waals surface area (Å²) in [5.41, 5.74) is 3.63. The molecule has 0 aromatic heterocycles. The number of quaternary nitrogens is 1. The van der Waals surface area contributed by atoms with Crippen LogP contribution >= 0.6 is 0 Å². The highest BCUT2D eigenvalue weighted by atomic mass is 16.5. The van der Waals surface area contributed by atoms with Crippen molar-refractivity contribution in [1.82, 2.24) is 0 Å². The average molecular weight is 266 g/mol. The first-order chi connectivity index (χ1) is 8.69. The van der Waals surface area contributed by atoms with Gasteiger partial charge in [0, 0.05) is 0 Å². The second-order valence-electron chi connectivity index (χ2n) is 6.50. The predicted molar refractivity (Wildman–Crippen MR) is 78.7 cm³/mol. The Hall–Kier alpha value is -1.06. The molecule has 19 heavy (non-hydrogen) atoms. The van der Waals surface area contributed by atoms with E-state index in [1.165, 1.54) is 5.56 Å². The zero-order valence-corrected chi connectivity index (χ0v) is 13.1. The highest BCUT2D eigenvalue weighted by Crippen LogP contribution is 2.24. The number of ether oxygens (including phenoxy) is 1. The van der Waals surface area contributed by atoms with Crippen LogP contribution in [0.4, 0.5) is 0 Å². The smallest absolute Gasteiger partial charge is 0.137 e. The number of rotatable bonds is 5. The van der Waals surface area contributed by atoms with Crippen LogP contribution < -0.4 is 10.1 Å². The summed E-state index contributed by atoms with van der Waals surface area (Å²) in [6.07, 6.45) is -0.445. The summed E-state index contributed by atoms with van der Waals surface area (Å²) in [4.78, 5) is 0. The van der Waals surface area contributed by atoms with Crippen LogP contribution in [-0.4, -0.2) is 29.9 Å². The number of aliphatic hydroxyl groups is 1. The van der Waals surface area contributed by atoms with Crippen LogP contribution in [0.1, 0.15) is 37.5 Å². The highest BCUT2D eigenvalue weighted by Gasteiger charge is 2.17. The van der Waals surface area contributed by atoms with E-state index in [2.05, 4.69) is 45.1 Å². The third kappa shape index (κ3) is 5.62. The SMILES string of the molecule is Cc1cc(C)c(OC[C@H](O)C[NH2+]C(C)(C)C)c(C)c1. The van der Waals surface area contributed by atoms with Crippen LogP contribution in [0.5, 0.6) is 5.75 Å². The number of benzene rings is 1. The van der Waals surface area contributed by atoms with Crippen LogP contribution in [0, 0.1) is 20.8 Å². The maximum absolute atomic E-state index is 9.95. The lowest BCUT2D eigenvalue weighted by Crippen LogP contribution is -2.96. The van der Waals surface area contributed by atoms with E-state index < -0.39 is 6.10 Å². The number of hydrogen-bond acceptors (Lipinski definition) is 2. The summed E-state index contributed by atoms with van der Waals surface area (Å²) in [6, 6.07) is 4.21. The number of aryl methyl sites for hydroxylation is 3. The molecule has 3 nitrogen and oxygen atoms in total. The lowest BCUT2D eigenvalue weighted by atomic mass is 10.1. The Kier molecular flexibility index (Phi) is 5.39. The Morgan fingerprint density at radius 3 is 2.16 bits per heavy atom. The maximum atomic E-state index is 9.95. The van der Waals surface area contributed by atoms with Crippen molar-refractivity contribution in [3.8, 4) is 5.75 Å². The topological polar surface area (TPSA) is 46.1 Å². The molecule has 1 aromatic rings. The summed E-state index contributed by atoms with van der Waals surface area (Å²) in [5.74, 6) is 0.903. The van der Waals surface area contributed by atoms with Gasteiger partial charge in [0.05, 0.1) is 5.54 Å². The fourth-order valence-corrected chi connectivity index (χ4v) is 2.13. The van der Waals surface area contributed by atoms with E-state index in [0.29, 0.717) is 13.2 Å². The summed E-state index contributed by atoms with van der Waals surface area (Å²) in [6.45, 7) is 13.6. The van der Waals surface area contributed by atoms with Gasteiger partial charge < -0.3 is 15.2 Å². The lowest BCUT2D eigenvalue weighted by Gasteiger charge is -2.20. The zero-order chi connectivity index (χ0) is 14.6. The summed E-state index contributed by atoms with van der Waals surface area (Å²) >= 11 is 0. The van der Waals surface area contributed by atoms with Gasteiger partial charge in [-0.1, -0.05) is 17.7 Å². The molecule has 0 aliphatic heterocycles. The quantitative estimate of drug-likeness (QED) is 0.852. The van der Waals surface area contributed by atoms with Crippen molar-refractivity contribution in [2.45, 2.75) is 53.2 Å². The molecule has 1 aromatic carbocycles. The van der Waals surface area contributed by atoms with Crippen LogP contribution in [-0.2, 0) is 0 Å². The van der Waals surface area contributed by atoms with Gasteiger partial charge in [-0.3, -0.25) is 0 Å². The third-order valence-electron chi connectivity index (χ3n) is 3.03.